The van der Waals surface area contributed by atoms with E-state index in [2.05, 4.69) is 0 Å². The largest absolute Gasteiger partial charge is 0.489 e. The van der Waals surface area contributed by atoms with E-state index in [1.54, 1.807) is 0 Å². The van der Waals surface area contributed by atoms with Crippen LogP contribution in [0.25, 0.3) is 0 Å². The number of nitro benzene ring substituents is 1. The highest BCUT2D eigenvalue weighted by Crippen LogP contribution is 2.31. The Morgan fingerprint density at radius 3 is 2.62 bits per heavy atom. The number of nitro groups is 1. The van der Waals surface area contributed by atoms with Crippen LogP contribution < -0.4 is 4.74 Å². The van der Waals surface area contributed by atoms with Crippen LogP contribution >= 0.6 is 0 Å². The molecular formula is C15H11FN2O3. The molecule has 1 unspecified atom stereocenters. The van der Waals surface area contributed by atoms with Crippen molar-refractivity contribution in [1.29, 1.82) is 5.26 Å². The summed E-state index contributed by atoms with van der Waals surface area (Å²) in [6.45, 7) is 0.252. The first-order chi connectivity index (χ1) is 10.1. The van der Waals surface area contributed by atoms with Gasteiger partial charge in [-0.25, -0.2) is 4.39 Å². The van der Waals surface area contributed by atoms with Gasteiger partial charge in [-0.2, -0.15) is 5.26 Å². The van der Waals surface area contributed by atoms with Crippen LogP contribution in [0.3, 0.4) is 0 Å². The smallest absolute Gasteiger partial charge is 0.276 e. The van der Waals surface area contributed by atoms with E-state index >= 15 is 0 Å². The van der Waals surface area contributed by atoms with Crippen LogP contribution in [0.1, 0.15) is 17.3 Å². The fourth-order valence-corrected chi connectivity index (χ4v) is 1.80. The summed E-state index contributed by atoms with van der Waals surface area (Å²) in [6, 6.07) is 14.4. The van der Waals surface area contributed by atoms with E-state index in [0.717, 1.165) is 11.6 Å². The first-order valence-corrected chi connectivity index (χ1v) is 6.10. The second kappa shape index (κ2) is 6.48. The predicted molar refractivity (Wildman–Crippen MR) is 73.3 cm³/mol. The second-order valence-corrected chi connectivity index (χ2v) is 4.24. The Morgan fingerprint density at radius 1 is 1.29 bits per heavy atom. The van der Waals surface area contributed by atoms with Crippen molar-refractivity contribution in [2.45, 2.75) is 12.8 Å². The Labute approximate surface area is 120 Å². The Bertz CT molecular complexity index is 683. The third-order valence-corrected chi connectivity index (χ3v) is 2.83. The lowest BCUT2D eigenvalue weighted by Gasteiger charge is -2.08. The van der Waals surface area contributed by atoms with E-state index in [0.29, 0.717) is 0 Å². The number of hydrogen-bond acceptors (Lipinski definition) is 4. The molecule has 106 valence electrons. The van der Waals surface area contributed by atoms with Crippen molar-refractivity contribution in [3.05, 3.63) is 69.8 Å². The van der Waals surface area contributed by atoms with Crippen molar-refractivity contribution >= 4 is 5.69 Å². The molecule has 1 atom stereocenters. The molecule has 21 heavy (non-hydrogen) atoms. The number of nitrogens with zero attached hydrogens (tertiary/aromatic N) is 2. The number of benzene rings is 2. The van der Waals surface area contributed by atoms with Crippen LogP contribution in [0.2, 0.25) is 0 Å². The summed E-state index contributed by atoms with van der Waals surface area (Å²) in [5.74, 6) is 0.275. The van der Waals surface area contributed by atoms with Crippen molar-refractivity contribution in [3.8, 4) is 11.8 Å². The van der Waals surface area contributed by atoms with Gasteiger partial charge in [0.05, 0.1) is 10.5 Å². The van der Waals surface area contributed by atoms with Gasteiger partial charge in [-0.1, -0.05) is 30.3 Å². The van der Waals surface area contributed by atoms with Crippen LogP contribution in [0, 0.1) is 21.4 Å². The zero-order valence-corrected chi connectivity index (χ0v) is 10.9. The monoisotopic (exact) mass is 286 g/mol. The molecule has 2 rings (SSSR count). The van der Waals surface area contributed by atoms with Gasteiger partial charge in [0, 0.05) is 6.07 Å². The summed E-state index contributed by atoms with van der Waals surface area (Å²) in [5, 5.41) is 19.4. The molecule has 0 heterocycles. The molecule has 0 N–H and O–H groups in total. The molecule has 0 saturated carbocycles. The zero-order valence-electron chi connectivity index (χ0n) is 10.9. The molecule has 0 aliphatic carbocycles. The average Bonchev–Trinajstić information content (AvgIpc) is 2.52. The summed E-state index contributed by atoms with van der Waals surface area (Å²) in [7, 11) is 0. The van der Waals surface area contributed by atoms with Crippen LogP contribution in [-0.2, 0) is 6.61 Å². The van der Waals surface area contributed by atoms with Crippen LogP contribution in [0.15, 0.2) is 48.5 Å². The van der Waals surface area contributed by atoms with Gasteiger partial charge in [-0.15, -0.1) is 0 Å². The molecule has 0 bridgehead atoms. The van der Waals surface area contributed by atoms with Gasteiger partial charge in [0.25, 0.3) is 5.69 Å². The van der Waals surface area contributed by atoms with Crippen LogP contribution in [0.4, 0.5) is 10.1 Å². The molecule has 0 aliphatic heterocycles. The molecule has 0 aliphatic rings. The Hall–Kier alpha value is -2.94. The maximum Gasteiger partial charge on any atom is 0.276 e. The van der Waals surface area contributed by atoms with Gasteiger partial charge in [-0.3, -0.25) is 10.1 Å². The van der Waals surface area contributed by atoms with Gasteiger partial charge < -0.3 is 4.74 Å². The van der Waals surface area contributed by atoms with Gasteiger partial charge in [-0.05, 0) is 17.7 Å². The third-order valence-electron chi connectivity index (χ3n) is 2.83. The summed E-state index contributed by atoms with van der Waals surface area (Å²) in [5.41, 5.74) is 0.179. The zero-order chi connectivity index (χ0) is 15.2. The molecule has 2 aromatic rings. The van der Waals surface area contributed by atoms with Crippen molar-refractivity contribution in [2.24, 2.45) is 0 Å². The molecular weight excluding hydrogens is 275 g/mol. The maximum absolute atomic E-state index is 13.5. The quantitative estimate of drug-likeness (QED) is 0.620. The molecule has 6 heteroatoms. The Morgan fingerprint density at radius 2 is 2.00 bits per heavy atom. The molecule has 0 aromatic heterocycles. The van der Waals surface area contributed by atoms with Crippen LogP contribution in [0.5, 0.6) is 5.75 Å². The number of rotatable bonds is 5. The van der Waals surface area contributed by atoms with E-state index < -0.39 is 16.8 Å². The first kappa shape index (κ1) is 14.5. The van der Waals surface area contributed by atoms with Crippen LogP contribution in [-0.4, -0.2) is 4.92 Å². The summed E-state index contributed by atoms with van der Waals surface area (Å²) in [6.07, 6.45) is -2.06. The average molecular weight is 286 g/mol. The van der Waals surface area contributed by atoms with E-state index in [-0.39, 0.29) is 17.9 Å². The van der Waals surface area contributed by atoms with Gasteiger partial charge >= 0.3 is 0 Å². The molecule has 0 fully saturated rings. The maximum atomic E-state index is 13.5. The van der Waals surface area contributed by atoms with Crippen molar-refractivity contribution in [3.63, 3.8) is 0 Å². The minimum Gasteiger partial charge on any atom is -0.489 e. The summed E-state index contributed by atoms with van der Waals surface area (Å²) >= 11 is 0. The second-order valence-electron chi connectivity index (χ2n) is 4.24. The van der Waals surface area contributed by atoms with Crippen molar-refractivity contribution in [1.82, 2.24) is 0 Å². The molecule has 0 radical (unpaired) electrons. The molecule has 0 spiro atoms. The Balaban J connectivity index is 2.22. The van der Waals surface area contributed by atoms with Crippen molar-refractivity contribution in [2.75, 3.05) is 0 Å². The highest BCUT2D eigenvalue weighted by molar-refractivity contribution is 5.48. The lowest BCUT2D eigenvalue weighted by atomic mass is 10.1. The number of ether oxygens (including phenoxy) is 1. The molecule has 2 aromatic carbocycles. The van der Waals surface area contributed by atoms with E-state index in [1.165, 1.54) is 18.2 Å². The fraction of sp³-hybridized carbons (Fsp3) is 0.133. The van der Waals surface area contributed by atoms with Gasteiger partial charge in [0.2, 0.25) is 6.17 Å². The Kier molecular flexibility index (Phi) is 4.46. The third kappa shape index (κ3) is 3.54. The molecule has 0 amide bonds. The SMILES string of the molecule is N#CC(F)c1cc(OCc2ccccc2)ccc1[N+](=O)[O-]. The van der Waals surface area contributed by atoms with E-state index in [1.807, 2.05) is 30.3 Å². The minimum atomic E-state index is -2.06. The summed E-state index contributed by atoms with van der Waals surface area (Å²) < 4.78 is 19.0. The minimum absolute atomic E-state index is 0.252. The lowest BCUT2D eigenvalue weighted by molar-refractivity contribution is -0.385. The topological polar surface area (TPSA) is 76.2 Å². The molecule has 5 nitrogen and oxygen atoms in total. The number of nitriles is 1. The predicted octanol–water partition coefficient (Wildman–Crippen LogP) is 3.71. The van der Waals surface area contributed by atoms with Crippen molar-refractivity contribution < 1.29 is 14.1 Å². The standard InChI is InChI=1S/C15H11FN2O3/c16-14(9-17)13-8-12(6-7-15(13)18(19)20)21-10-11-4-2-1-3-5-11/h1-8,14H,10H2. The van der Waals surface area contributed by atoms with E-state index in [4.69, 9.17) is 10.00 Å². The summed E-state index contributed by atoms with van der Waals surface area (Å²) in [4.78, 5) is 10.1. The van der Waals surface area contributed by atoms with Gasteiger partial charge in [0.15, 0.2) is 0 Å². The number of halogens is 1. The lowest BCUT2D eigenvalue weighted by Crippen LogP contribution is -2.00. The highest BCUT2D eigenvalue weighted by Gasteiger charge is 2.22. The number of hydrogen-bond donors (Lipinski definition) is 0. The van der Waals surface area contributed by atoms with E-state index in [9.17, 15) is 14.5 Å². The number of alkyl halides is 1. The normalized spacial score (nSPS) is 11.4. The van der Waals surface area contributed by atoms with Gasteiger partial charge in [0.1, 0.15) is 18.4 Å². The highest BCUT2D eigenvalue weighted by atomic mass is 19.1. The fourth-order valence-electron chi connectivity index (χ4n) is 1.80. The first-order valence-electron chi connectivity index (χ1n) is 6.10. The molecule has 0 saturated heterocycles.